The van der Waals surface area contributed by atoms with Crippen LogP contribution < -0.4 is 5.32 Å². The minimum atomic E-state index is -0.329. The summed E-state index contributed by atoms with van der Waals surface area (Å²) < 4.78 is 18.1. The van der Waals surface area contributed by atoms with Gasteiger partial charge < -0.3 is 14.9 Å². The van der Waals surface area contributed by atoms with Gasteiger partial charge in [-0.25, -0.2) is 4.39 Å². The van der Waals surface area contributed by atoms with E-state index < -0.39 is 0 Å². The zero-order valence-corrected chi connectivity index (χ0v) is 12.7. The first-order chi connectivity index (χ1) is 11.2. The van der Waals surface area contributed by atoms with Gasteiger partial charge in [0.25, 0.3) is 5.91 Å². The number of nitrogens with zero attached hydrogens (tertiary/aromatic N) is 1. The topological polar surface area (TPSA) is 75.4 Å². The Kier molecular flexibility index (Phi) is 4.71. The molecule has 0 spiro atoms. The van der Waals surface area contributed by atoms with Gasteiger partial charge in [0.15, 0.2) is 11.5 Å². The van der Waals surface area contributed by atoms with E-state index in [-0.39, 0.29) is 30.1 Å². The average Bonchev–Trinajstić information content (AvgIpc) is 3.06. The molecular weight excluding hydrogens is 299 g/mol. The lowest BCUT2D eigenvalue weighted by Crippen LogP contribution is -2.38. The molecule has 1 amide bonds. The predicted octanol–water partition coefficient (Wildman–Crippen LogP) is 2.76. The van der Waals surface area contributed by atoms with E-state index in [0.717, 1.165) is 25.7 Å². The maximum Gasteiger partial charge on any atom is 0.273 e. The highest BCUT2D eigenvalue weighted by molar-refractivity contribution is 5.93. The summed E-state index contributed by atoms with van der Waals surface area (Å²) in [6.45, 7) is 0.213. The maximum absolute atomic E-state index is 12.9. The van der Waals surface area contributed by atoms with Crippen LogP contribution in [0.4, 0.5) is 4.39 Å². The fourth-order valence-electron chi connectivity index (χ4n) is 2.88. The van der Waals surface area contributed by atoms with Crippen LogP contribution in [-0.2, 0) is 0 Å². The summed E-state index contributed by atoms with van der Waals surface area (Å²) in [4.78, 5) is 12.2. The maximum atomic E-state index is 12.9. The first-order valence-corrected chi connectivity index (χ1v) is 7.80. The third-order valence-electron chi connectivity index (χ3n) is 4.31. The molecule has 122 valence electrons. The Morgan fingerprint density at radius 3 is 2.61 bits per heavy atom. The van der Waals surface area contributed by atoms with Crippen molar-refractivity contribution >= 4 is 5.91 Å². The summed E-state index contributed by atoms with van der Waals surface area (Å²) in [6, 6.07) is 7.48. The largest absolute Gasteiger partial charge is 0.396 e. The fraction of sp³-hybridized carbons (Fsp3) is 0.412. The first-order valence-electron chi connectivity index (χ1n) is 7.80. The number of halogens is 1. The van der Waals surface area contributed by atoms with Crippen LogP contribution in [0.15, 0.2) is 34.9 Å². The van der Waals surface area contributed by atoms with Crippen LogP contribution >= 0.6 is 0 Å². The lowest BCUT2D eigenvalue weighted by atomic mass is 9.86. The molecule has 0 aliphatic heterocycles. The number of aliphatic hydroxyl groups excluding tert-OH is 1. The van der Waals surface area contributed by atoms with Crippen LogP contribution in [0.2, 0.25) is 0 Å². The lowest BCUT2D eigenvalue weighted by molar-refractivity contribution is 0.0905. The highest BCUT2D eigenvalue weighted by Crippen LogP contribution is 2.24. The molecule has 1 aromatic carbocycles. The lowest BCUT2D eigenvalue weighted by Gasteiger charge is -2.27. The Labute approximate surface area is 133 Å². The molecule has 1 heterocycles. The van der Waals surface area contributed by atoms with Crippen molar-refractivity contribution in [3.8, 4) is 11.3 Å². The zero-order chi connectivity index (χ0) is 16.2. The molecular formula is C17H19FN2O3. The van der Waals surface area contributed by atoms with Crippen molar-refractivity contribution in [1.29, 1.82) is 0 Å². The molecule has 2 N–H and O–H groups in total. The first kappa shape index (κ1) is 15.7. The molecule has 6 heteroatoms. The van der Waals surface area contributed by atoms with Crippen molar-refractivity contribution in [2.45, 2.75) is 31.7 Å². The van der Waals surface area contributed by atoms with Crippen molar-refractivity contribution in [2.24, 2.45) is 5.92 Å². The Morgan fingerprint density at radius 2 is 1.96 bits per heavy atom. The number of hydrogen-bond donors (Lipinski definition) is 2. The van der Waals surface area contributed by atoms with E-state index in [2.05, 4.69) is 10.5 Å². The number of aromatic nitrogens is 1. The molecule has 1 saturated carbocycles. The van der Waals surface area contributed by atoms with Crippen LogP contribution in [0.25, 0.3) is 11.3 Å². The standard InChI is InChI=1S/C17H19FN2O3/c18-13-5-3-12(4-6-13)16-9-15(20-23-16)17(22)19-14-7-1-11(10-21)2-8-14/h3-6,9,11,14,21H,1-2,7-8,10H2,(H,19,22). The Morgan fingerprint density at radius 1 is 1.26 bits per heavy atom. The Balaban J connectivity index is 1.61. The van der Waals surface area contributed by atoms with Crippen LogP contribution in [0.1, 0.15) is 36.2 Å². The SMILES string of the molecule is O=C(NC1CCC(CO)CC1)c1cc(-c2ccc(F)cc2)on1. The van der Waals surface area contributed by atoms with Gasteiger partial charge in [0.1, 0.15) is 5.82 Å². The van der Waals surface area contributed by atoms with Gasteiger partial charge in [-0.2, -0.15) is 0 Å². The van der Waals surface area contributed by atoms with E-state index in [0.29, 0.717) is 17.2 Å². The summed E-state index contributed by atoms with van der Waals surface area (Å²) in [7, 11) is 0. The third-order valence-corrected chi connectivity index (χ3v) is 4.31. The second-order valence-electron chi connectivity index (χ2n) is 5.96. The van der Waals surface area contributed by atoms with Crippen LogP contribution in [0, 0.1) is 11.7 Å². The van der Waals surface area contributed by atoms with Gasteiger partial charge in [-0.1, -0.05) is 5.16 Å². The molecule has 2 aromatic rings. The van der Waals surface area contributed by atoms with E-state index in [4.69, 9.17) is 9.63 Å². The smallest absolute Gasteiger partial charge is 0.273 e. The van der Waals surface area contributed by atoms with Crippen LogP contribution in [0.3, 0.4) is 0 Å². The number of nitrogens with one attached hydrogen (secondary N) is 1. The van der Waals surface area contributed by atoms with E-state index in [1.165, 1.54) is 12.1 Å². The highest BCUT2D eigenvalue weighted by Gasteiger charge is 2.23. The summed E-state index contributed by atoms with van der Waals surface area (Å²) in [5.74, 6) is 0.179. The number of rotatable bonds is 4. The van der Waals surface area contributed by atoms with Gasteiger partial charge in [0, 0.05) is 24.3 Å². The van der Waals surface area contributed by atoms with E-state index in [1.54, 1.807) is 18.2 Å². The molecule has 23 heavy (non-hydrogen) atoms. The zero-order valence-electron chi connectivity index (χ0n) is 12.7. The number of carbonyl (C=O) groups excluding carboxylic acids is 1. The molecule has 0 bridgehead atoms. The number of benzene rings is 1. The number of amides is 1. The molecule has 0 atom stereocenters. The van der Waals surface area contributed by atoms with Crippen molar-refractivity contribution in [3.05, 3.63) is 41.8 Å². The van der Waals surface area contributed by atoms with E-state index in [1.807, 2.05) is 0 Å². The van der Waals surface area contributed by atoms with Gasteiger partial charge >= 0.3 is 0 Å². The number of carbonyl (C=O) groups is 1. The van der Waals surface area contributed by atoms with E-state index >= 15 is 0 Å². The molecule has 1 aliphatic rings. The molecule has 3 rings (SSSR count). The highest BCUT2D eigenvalue weighted by atomic mass is 19.1. The van der Waals surface area contributed by atoms with Crippen molar-refractivity contribution in [2.75, 3.05) is 6.61 Å². The van der Waals surface area contributed by atoms with Crippen molar-refractivity contribution in [1.82, 2.24) is 10.5 Å². The molecule has 0 radical (unpaired) electrons. The van der Waals surface area contributed by atoms with Crippen molar-refractivity contribution in [3.63, 3.8) is 0 Å². The summed E-state index contributed by atoms with van der Waals surface area (Å²) in [5, 5.41) is 15.9. The van der Waals surface area contributed by atoms with Gasteiger partial charge in [0.05, 0.1) is 0 Å². The molecule has 5 nitrogen and oxygen atoms in total. The molecule has 1 aromatic heterocycles. The summed E-state index contributed by atoms with van der Waals surface area (Å²) in [6.07, 6.45) is 3.56. The normalized spacial score (nSPS) is 21.1. The van der Waals surface area contributed by atoms with Gasteiger partial charge in [-0.05, 0) is 55.9 Å². The third kappa shape index (κ3) is 3.76. The number of hydrogen-bond acceptors (Lipinski definition) is 4. The quantitative estimate of drug-likeness (QED) is 0.909. The summed E-state index contributed by atoms with van der Waals surface area (Å²) in [5.41, 5.74) is 0.884. The molecule has 1 aliphatic carbocycles. The van der Waals surface area contributed by atoms with E-state index in [9.17, 15) is 9.18 Å². The second kappa shape index (κ2) is 6.91. The molecule has 1 fully saturated rings. The Bertz CT molecular complexity index is 661. The van der Waals surface area contributed by atoms with Crippen LogP contribution in [-0.4, -0.2) is 28.8 Å². The fourth-order valence-corrected chi connectivity index (χ4v) is 2.88. The monoisotopic (exact) mass is 318 g/mol. The average molecular weight is 318 g/mol. The second-order valence-corrected chi connectivity index (χ2v) is 5.96. The van der Waals surface area contributed by atoms with Gasteiger partial charge in [-0.3, -0.25) is 4.79 Å². The molecule has 0 saturated heterocycles. The molecule has 0 unspecified atom stereocenters. The van der Waals surface area contributed by atoms with Crippen LogP contribution in [0.5, 0.6) is 0 Å². The van der Waals surface area contributed by atoms with Gasteiger partial charge in [0.2, 0.25) is 0 Å². The number of aliphatic hydroxyl groups is 1. The predicted molar refractivity (Wildman–Crippen MR) is 82.2 cm³/mol. The van der Waals surface area contributed by atoms with Crippen molar-refractivity contribution < 1.29 is 18.8 Å². The Hall–Kier alpha value is -2.21. The minimum absolute atomic E-state index is 0.108. The summed E-state index contributed by atoms with van der Waals surface area (Å²) >= 11 is 0. The van der Waals surface area contributed by atoms with Gasteiger partial charge in [-0.15, -0.1) is 0 Å². The minimum Gasteiger partial charge on any atom is -0.396 e.